The van der Waals surface area contributed by atoms with Crippen molar-refractivity contribution >= 4 is 5.91 Å². The lowest BCUT2D eigenvalue weighted by Crippen LogP contribution is -2.35. The number of carbonyl (C=O) groups is 1. The Bertz CT molecular complexity index is 757. The molecule has 0 bridgehead atoms. The van der Waals surface area contributed by atoms with Gasteiger partial charge >= 0.3 is 0 Å². The molecule has 0 spiro atoms. The van der Waals surface area contributed by atoms with Crippen LogP contribution in [0.1, 0.15) is 23.6 Å². The summed E-state index contributed by atoms with van der Waals surface area (Å²) in [6, 6.07) is 11.4. The Morgan fingerprint density at radius 2 is 1.92 bits per heavy atom. The van der Waals surface area contributed by atoms with Crippen molar-refractivity contribution in [3.05, 3.63) is 53.1 Å². The van der Waals surface area contributed by atoms with Crippen LogP contribution in [0.25, 0.3) is 0 Å². The zero-order valence-corrected chi connectivity index (χ0v) is 14.1. The topological polar surface area (TPSA) is 56.8 Å². The lowest BCUT2D eigenvalue weighted by Gasteiger charge is -2.15. The van der Waals surface area contributed by atoms with Gasteiger partial charge in [0.1, 0.15) is 5.75 Å². The average molecular weight is 327 g/mol. The van der Waals surface area contributed by atoms with Gasteiger partial charge in [-0.3, -0.25) is 4.79 Å². The molecule has 1 atom stereocenters. The number of aryl methyl sites for hydroxylation is 2. The Morgan fingerprint density at radius 3 is 2.71 bits per heavy atom. The van der Waals surface area contributed by atoms with E-state index in [1.807, 2.05) is 50.2 Å². The molecule has 2 aromatic rings. The minimum Gasteiger partial charge on any atom is -0.481 e. The Kier molecular flexibility index (Phi) is 4.60. The summed E-state index contributed by atoms with van der Waals surface area (Å²) in [4.78, 5) is 12.2. The fourth-order valence-corrected chi connectivity index (χ4v) is 2.43. The first-order valence-electron chi connectivity index (χ1n) is 7.93. The normalized spacial score (nSPS) is 13.5. The summed E-state index contributed by atoms with van der Waals surface area (Å²) in [7, 11) is 0. The highest BCUT2D eigenvalue weighted by Gasteiger charge is 2.16. The monoisotopic (exact) mass is 327 g/mol. The van der Waals surface area contributed by atoms with Gasteiger partial charge in [0.15, 0.2) is 17.6 Å². The molecule has 1 heterocycles. The second-order valence-corrected chi connectivity index (χ2v) is 5.91. The highest BCUT2D eigenvalue weighted by molar-refractivity contribution is 5.80. The van der Waals surface area contributed by atoms with Crippen LogP contribution in [0.4, 0.5) is 0 Å². The third-order valence-electron chi connectivity index (χ3n) is 4.06. The Hall–Kier alpha value is -2.69. The zero-order valence-electron chi connectivity index (χ0n) is 14.1. The van der Waals surface area contributed by atoms with Gasteiger partial charge in [0, 0.05) is 6.54 Å². The van der Waals surface area contributed by atoms with Gasteiger partial charge in [0.25, 0.3) is 5.91 Å². The van der Waals surface area contributed by atoms with Crippen LogP contribution in [-0.4, -0.2) is 18.8 Å². The molecule has 24 heavy (non-hydrogen) atoms. The first kappa shape index (κ1) is 16.2. The lowest BCUT2D eigenvalue weighted by molar-refractivity contribution is -0.127. The minimum atomic E-state index is -0.568. The van der Waals surface area contributed by atoms with Crippen LogP contribution in [0.15, 0.2) is 36.4 Å². The first-order chi connectivity index (χ1) is 11.5. The van der Waals surface area contributed by atoms with E-state index >= 15 is 0 Å². The van der Waals surface area contributed by atoms with E-state index in [9.17, 15) is 4.79 Å². The van der Waals surface area contributed by atoms with E-state index in [2.05, 4.69) is 5.32 Å². The Labute approximate surface area is 141 Å². The van der Waals surface area contributed by atoms with Crippen molar-refractivity contribution in [1.29, 1.82) is 0 Å². The number of ether oxygens (including phenoxy) is 3. The molecule has 5 heteroatoms. The predicted molar refractivity (Wildman–Crippen MR) is 90.4 cm³/mol. The van der Waals surface area contributed by atoms with E-state index in [1.165, 1.54) is 5.56 Å². The molecule has 0 aromatic heterocycles. The van der Waals surface area contributed by atoms with E-state index in [-0.39, 0.29) is 12.7 Å². The van der Waals surface area contributed by atoms with Crippen LogP contribution >= 0.6 is 0 Å². The third kappa shape index (κ3) is 3.62. The van der Waals surface area contributed by atoms with Crippen LogP contribution in [0.3, 0.4) is 0 Å². The van der Waals surface area contributed by atoms with Crippen molar-refractivity contribution in [1.82, 2.24) is 5.32 Å². The summed E-state index contributed by atoms with van der Waals surface area (Å²) < 4.78 is 16.3. The van der Waals surface area contributed by atoms with Gasteiger partial charge < -0.3 is 19.5 Å². The number of nitrogens with one attached hydrogen (secondary N) is 1. The summed E-state index contributed by atoms with van der Waals surface area (Å²) in [6.45, 7) is 6.46. The van der Waals surface area contributed by atoms with Gasteiger partial charge in [-0.05, 0) is 61.7 Å². The van der Waals surface area contributed by atoms with Crippen LogP contribution in [0.5, 0.6) is 17.2 Å². The van der Waals surface area contributed by atoms with Crippen molar-refractivity contribution in [2.45, 2.75) is 33.4 Å². The molecule has 3 rings (SSSR count). The van der Waals surface area contributed by atoms with Gasteiger partial charge in [-0.15, -0.1) is 0 Å². The molecule has 0 saturated heterocycles. The molecule has 0 aliphatic carbocycles. The highest BCUT2D eigenvalue weighted by Crippen LogP contribution is 2.32. The smallest absolute Gasteiger partial charge is 0.261 e. The molecule has 0 fully saturated rings. The molecule has 1 unspecified atom stereocenters. The van der Waals surface area contributed by atoms with Gasteiger partial charge in [0.05, 0.1) is 0 Å². The molecule has 126 valence electrons. The molecule has 2 aromatic carbocycles. The van der Waals surface area contributed by atoms with Gasteiger partial charge in [0.2, 0.25) is 6.79 Å². The maximum atomic E-state index is 12.2. The van der Waals surface area contributed by atoms with Gasteiger partial charge in [-0.2, -0.15) is 0 Å². The summed E-state index contributed by atoms with van der Waals surface area (Å²) in [5, 5.41) is 2.88. The third-order valence-corrected chi connectivity index (χ3v) is 4.06. The maximum absolute atomic E-state index is 12.2. The number of amides is 1. The minimum absolute atomic E-state index is 0.161. The quantitative estimate of drug-likeness (QED) is 0.917. The molecule has 1 aliphatic heterocycles. The fourth-order valence-electron chi connectivity index (χ4n) is 2.43. The van der Waals surface area contributed by atoms with Crippen molar-refractivity contribution in [3.63, 3.8) is 0 Å². The summed E-state index contributed by atoms with van der Waals surface area (Å²) in [5.74, 6) is 1.98. The molecular formula is C19H21NO4. The standard InChI is InChI=1S/C19H21NO4/c1-12-4-6-16(8-13(12)2)24-14(3)19(21)20-10-15-5-7-17-18(9-15)23-11-22-17/h4-9,14H,10-11H2,1-3H3,(H,20,21). The maximum Gasteiger partial charge on any atom is 0.261 e. The lowest BCUT2D eigenvalue weighted by atomic mass is 10.1. The largest absolute Gasteiger partial charge is 0.481 e. The molecule has 5 nitrogen and oxygen atoms in total. The van der Waals surface area contributed by atoms with Crippen molar-refractivity contribution in [2.75, 3.05) is 6.79 Å². The SMILES string of the molecule is Cc1ccc(OC(C)C(=O)NCc2ccc3c(c2)OCO3)cc1C. The molecule has 0 radical (unpaired) electrons. The van der Waals surface area contributed by atoms with E-state index < -0.39 is 6.10 Å². The average Bonchev–Trinajstić information content (AvgIpc) is 3.03. The second-order valence-electron chi connectivity index (χ2n) is 5.91. The van der Waals surface area contributed by atoms with Gasteiger partial charge in [-0.1, -0.05) is 12.1 Å². The van der Waals surface area contributed by atoms with Crippen LogP contribution < -0.4 is 19.5 Å². The van der Waals surface area contributed by atoms with E-state index in [0.717, 1.165) is 16.9 Å². The Balaban J connectivity index is 1.55. The van der Waals surface area contributed by atoms with E-state index in [1.54, 1.807) is 6.92 Å². The second kappa shape index (κ2) is 6.83. The number of carbonyl (C=O) groups excluding carboxylic acids is 1. The molecule has 1 N–H and O–H groups in total. The number of hydrogen-bond acceptors (Lipinski definition) is 4. The fraction of sp³-hybridized carbons (Fsp3) is 0.316. The first-order valence-corrected chi connectivity index (χ1v) is 7.93. The molecular weight excluding hydrogens is 306 g/mol. The Morgan fingerprint density at radius 1 is 1.12 bits per heavy atom. The van der Waals surface area contributed by atoms with Crippen molar-refractivity contribution < 1.29 is 19.0 Å². The number of rotatable bonds is 5. The predicted octanol–water partition coefficient (Wildman–Crippen LogP) is 3.12. The number of fused-ring (bicyclic) bond motifs is 1. The number of hydrogen-bond donors (Lipinski definition) is 1. The van der Waals surface area contributed by atoms with Crippen LogP contribution in [0.2, 0.25) is 0 Å². The van der Waals surface area contributed by atoms with Crippen molar-refractivity contribution in [2.24, 2.45) is 0 Å². The summed E-state index contributed by atoms with van der Waals surface area (Å²) >= 11 is 0. The summed E-state index contributed by atoms with van der Waals surface area (Å²) in [5.41, 5.74) is 3.29. The highest BCUT2D eigenvalue weighted by atomic mass is 16.7. The summed E-state index contributed by atoms with van der Waals surface area (Å²) in [6.07, 6.45) is -0.568. The van der Waals surface area contributed by atoms with E-state index in [0.29, 0.717) is 18.0 Å². The van der Waals surface area contributed by atoms with E-state index in [4.69, 9.17) is 14.2 Å². The van der Waals surface area contributed by atoms with Gasteiger partial charge in [-0.25, -0.2) is 0 Å². The van der Waals surface area contributed by atoms with Crippen molar-refractivity contribution in [3.8, 4) is 17.2 Å². The van der Waals surface area contributed by atoms with Crippen LogP contribution in [0, 0.1) is 13.8 Å². The zero-order chi connectivity index (χ0) is 17.1. The molecule has 1 aliphatic rings. The van der Waals surface area contributed by atoms with Crippen LogP contribution in [-0.2, 0) is 11.3 Å². The molecule has 0 saturated carbocycles. The molecule has 1 amide bonds. The number of benzene rings is 2.